The predicted octanol–water partition coefficient (Wildman–Crippen LogP) is 0.579. The average Bonchev–Trinajstić information content (AvgIpc) is 2.65. The van der Waals surface area contributed by atoms with Crippen LogP contribution in [0.2, 0.25) is 0 Å². The van der Waals surface area contributed by atoms with Gasteiger partial charge in [-0.1, -0.05) is 6.92 Å². The summed E-state index contributed by atoms with van der Waals surface area (Å²) < 4.78 is 0. The summed E-state index contributed by atoms with van der Waals surface area (Å²) in [7, 11) is 0. The van der Waals surface area contributed by atoms with E-state index in [1.54, 1.807) is 0 Å². The first kappa shape index (κ1) is 14.3. The maximum absolute atomic E-state index is 11.6. The first-order valence-corrected chi connectivity index (χ1v) is 6.97. The Morgan fingerprint density at radius 3 is 2.82 bits per heavy atom. The number of nitrogens with two attached hydrogens (primary N) is 1. The SMILES string of the molecule is CCSC1CCC(NC(=O)C(N)CC(=O)O)C1. The van der Waals surface area contributed by atoms with E-state index in [0.29, 0.717) is 5.25 Å². The first-order valence-electron chi connectivity index (χ1n) is 5.92. The molecule has 0 spiro atoms. The van der Waals surface area contributed by atoms with Crippen molar-refractivity contribution < 1.29 is 14.7 Å². The fraction of sp³-hybridized carbons (Fsp3) is 0.818. The van der Waals surface area contributed by atoms with Crippen molar-refractivity contribution in [3.63, 3.8) is 0 Å². The lowest BCUT2D eigenvalue weighted by atomic mass is 10.2. The number of carbonyl (C=O) groups is 2. The second-order valence-electron chi connectivity index (χ2n) is 4.30. The van der Waals surface area contributed by atoms with Crippen LogP contribution >= 0.6 is 11.8 Å². The van der Waals surface area contributed by atoms with Gasteiger partial charge in [0.25, 0.3) is 0 Å². The topological polar surface area (TPSA) is 92.4 Å². The van der Waals surface area contributed by atoms with Gasteiger partial charge in [0.2, 0.25) is 5.91 Å². The predicted molar refractivity (Wildman–Crippen MR) is 67.9 cm³/mol. The van der Waals surface area contributed by atoms with Crippen molar-refractivity contribution in [2.45, 2.75) is 49.9 Å². The van der Waals surface area contributed by atoms with Crippen LogP contribution < -0.4 is 11.1 Å². The van der Waals surface area contributed by atoms with Gasteiger partial charge in [-0.15, -0.1) is 0 Å². The van der Waals surface area contributed by atoms with Gasteiger partial charge < -0.3 is 16.2 Å². The van der Waals surface area contributed by atoms with Crippen molar-refractivity contribution in [1.29, 1.82) is 0 Å². The summed E-state index contributed by atoms with van der Waals surface area (Å²) in [5.74, 6) is -0.304. The van der Waals surface area contributed by atoms with E-state index in [1.165, 1.54) is 0 Å². The number of carboxylic acid groups (broad SMARTS) is 1. The number of carboxylic acids is 1. The van der Waals surface area contributed by atoms with Crippen molar-refractivity contribution >= 4 is 23.6 Å². The molecule has 3 unspecified atom stereocenters. The monoisotopic (exact) mass is 260 g/mol. The van der Waals surface area contributed by atoms with Crippen LogP contribution in [0.4, 0.5) is 0 Å². The molecule has 1 amide bonds. The molecule has 1 rings (SSSR count). The number of nitrogens with one attached hydrogen (secondary N) is 1. The van der Waals surface area contributed by atoms with E-state index in [1.807, 2.05) is 11.8 Å². The highest BCUT2D eigenvalue weighted by Crippen LogP contribution is 2.29. The van der Waals surface area contributed by atoms with Crippen LogP contribution in [0.3, 0.4) is 0 Å². The Labute approximate surface area is 106 Å². The van der Waals surface area contributed by atoms with E-state index in [2.05, 4.69) is 12.2 Å². The Morgan fingerprint density at radius 1 is 1.53 bits per heavy atom. The molecule has 0 heterocycles. The van der Waals surface area contributed by atoms with Crippen molar-refractivity contribution in [3.8, 4) is 0 Å². The Balaban J connectivity index is 2.30. The summed E-state index contributed by atoms with van der Waals surface area (Å²) in [5.41, 5.74) is 5.49. The van der Waals surface area contributed by atoms with Crippen molar-refractivity contribution in [3.05, 3.63) is 0 Å². The molecule has 0 saturated heterocycles. The molecule has 98 valence electrons. The van der Waals surface area contributed by atoms with Gasteiger partial charge in [-0.25, -0.2) is 0 Å². The van der Waals surface area contributed by atoms with E-state index in [-0.39, 0.29) is 18.4 Å². The minimum absolute atomic E-state index is 0.159. The first-order chi connectivity index (χ1) is 8.02. The lowest BCUT2D eigenvalue weighted by Crippen LogP contribution is -2.45. The zero-order valence-electron chi connectivity index (χ0n) is 10.0. The van der Waals surface area contributed by atoms with Crippen LogP contribution in [0, 0.1) is 0 Å². The molecule has 0 aromatic rings. The standard InChI is InChI=1S/C11H20N2O3S/c1-2-17-8-4-3-7(5-8)13-11(16)9(12)6-10(14)15/h7-9H,2-6,12H2,1H3,(H,13,16)(H,14,15). The van der Waals surface area contributed by atoms with Gasteiger partial charge in [-0.3, -0.25) is 9.59 Å². The summed E-state index contributed by atoms with van der Waals surface area (Å²) in [4.78, 5) is 22.0. The highest BCUT2D eigenvalue weighted by atomic mass is 32.2. The number of hydrogen-bond donors (Lipinski definition) is 3. The van der Waals surface area contributed by atoms with Crippen molar-refractivity contribution in [2.24, 2.45) is 5.73 Å². The molecular weight excluding hydrogens is 240 g/mol. The Kier molecular flexibility index (Phi) is 5.77. The smallest absolute Gasteiger partial charge is 0.305 e. The van der Waals surface area contributed by atoms with Crippen LogP contribution in [-0.4, -0.2) is 40.1 Å². The Hall–Kier alpha value is -0.750. The molecule has 5 nitrogen and oxygen atoms in total. The second kappa shape index (κ2) is 6.86. The molecule has 0 aliphatic heterocycles. The molecule has 1 fully saturated rings. The molecular formula is C11H20N2O3S. The van der Waals surface area contributed by atoms with Crippen molar-refractivity contribution in [2.75, 3.05) is 5.75 Å². The van der Waals surface area contributed by atoms with Crippen LogP contribution in [-0.2, 0) is 9.59 Å². The molecule has 6 heteroatoms. The number of thioether (sulfide) groups is 1. The van der Waals surface area contributed by atoms with E-state index >= 15 is 0 Å². The summed E-state index contributed by atoms with van der Waals surface area (Å²) in [5, 5.41) is 12.0. The highest BCUT2D eigenvalue weighted by Gasteiger charge is 2.27. The van der Waals surface area contributed by atoms with Gasteiger partial charge in [0.1, 0.15) is 0 Å². The highest BCUT2D eigenvalue weighted by molar-refractivity contribution is 7.99. The van der Waals surface area contributed by atoms with E-state index in [9.17, 15) is 9.59 Å². The minimum Gasteiger partial charge on any atom is -0.481 e. The average molecular weight is 260 g/mol. The Morgan fingerprint density at radius 2 is 2.24 bits per heavy atom. The molecule has 17 heavy (non-hydrogen) atoms. The number of hydrogen-bond acceptors (Lipinski definition) is 4. The lowest BCUT2D eigenvalue weighted by molar-refractivity contribution is -0.139. The van der Waals surface area contributed by atoms with Gasteiger partial charge in [-0.2, -0.15) is 11.8 Å². The van der Waals surface area contributed by atoms with Crippen molar-refractivity contribution in [1.82, 2.24) is 5.32 Å². The fourth-order valence-corrected chi connectivity index (χ4v) is 3.19. The zero-order valence-corrected chi connectivity index (χ0v) is 10.8. The summed E-state index contributed by atoms with van der Waals surface area (Å²) in [6, 6.07) is -0.781. The molecule has 1 aliphatic rings. The van der Waals surface area contributed by atoms with Crippen LogP contribution in [0.25, 0.3) is 0 Å². The third kappa shape index (κ3) is 4.95. The van der Waals surface area contributed by atoms with Crippen LogP contribution in [0.15, 0.2) is 0 Å². The van der Waals surface area contributed by atoms with E-state index in [4.69, 9.17) is 10.8 Å². The fourth-order valence-electron chi connectivity index (χ4n) is 2.05. The third-order valence-electron chi connectivity index (χ3n) is 2.86. The van der Waals surface area contributed by atoms with Crippen LogP contribution in [0.1, 0.15) is 32.6 Å². The van der Waals surface area contributed by atoms with E-state index in [0.717, 1.165) is 25.0 Å². The van der Waals surface area contributed by atoms with Gasteiger partial charge in [0, 0.05) is 11.3 Å². The molecule has 0 radical (unpaired) electrons. The lowest BCUT2D eigenvalue weighted by Gasteiger charge is -2.16. The second-order valence-corrected chi connectivity index (χ2v) is 5.88. The van der Waals surface area contributed by atoms with Gasteiger partial charge in [0.15, 0.2) is 0 Å². The van der Waals surface area contributed by atoms with Gasteiger partial charge in [-0.05, 0) is 25.0 Å². The molecule has 4 N–H and O–H groups in total. The number of aliphatic carboxylic acids is 1. The quantitative estimate of drug-likeness (QED) is 0.649. The number of rotatable bonds is 6. The molecule has 0 aromatic heterocycles. The number of carbonyl (C=O) groups excluding carboxylic acids is 1. The summed E-state index contributed by atoms with van der Waals surface area (Å²) >= 11 is 1.91. The van der Waals surface area contributed by atoms with Gasteiger partial charge in [0.05, 0.1) is 12.5 Å². The normalized spacial score (nSPS) is 25.5. The third-order valence-corrected chi connectivity index (χ3v) is 4.10. The maximum Gasteiger partial charge on any atom is 0.305 e. The molecule has 3 atom stereocenters. The maximum atomic E-state index is 11.6. The zero-order chi connectivity index (χ0) is 12.8. The molecule has 0 aromatic carbocycles. The molecule has 0 bridgehead atoms. The largest absolute Gasteiger partial charge is 0.481 e. The van der Waals surface area contributed by atoms with E-state index < -0.39 is 12.0 Å². The molecule has 1 saturated carbocycles. The van der Waals surface area contributed by atoms with Crippen LogP contribution in [0.5, 0.6) is 0 Å². The summed E-state index contributed by atoms with van der Waals surface area (Å²) in [6.45, 7) is 2.12. The number of amides is 1. The minimum atomic E-state index is -1.04. The van der Waals surface area contributed by atoms with Gasteiger partial charge >= 0.3 is 5.97 Å². The summed E-state index contributed by atoms with van der Waals surface area (Å²) in [6.07, 6.45) is 2.72. The Bertz CT molecular complexity index is 286. The molecule has 1 aliphatic carbocycles.